The van der Waals surface area contributed by atoms with Crippen LogP contribution in [0.3, 0.4) is 0 Å². The molecule has 0 aliphatic carbocycles. The van der Waals surface area contributed by atoms with E-state index in [2.05, 4.69) is 15.1 Å². The second-order valence-corrected chi connectivity index (χ2v) is 6.30. The van der Waals surface area contributed by atoms with Crippen molar-refractivity contribution < 1.29 is 18.8 Å². The molecule has 0 radical (unpaired) electrons. The van der Waals surface area contributed by atoms with Gasteiger partial charge in [-0.15, -0.1) is 0 Å². The SMILES string of the molecule is COc1cc2nc(N3CCN(C(=O)c4ccon4)CC3)nc(N)c2cc1OC. The van der Waals surface area contributed by atoms with Gasteiger partial charge in [0.1, 0.15) is 12.1 Å². The number of piperazine rings is 1. The largest absolute Gasteiger partial charge is 0.493 e. The van der Waals surface area contributed by atoms with Crippen LogP contribution in [0.25, 0.3) is 10.9 Å². The highest BCUT2D eigenvalue weighted by atomic mass is 16.5. The molecular formula is C18H20N6O4. The number of rotatable bonds is 4. The van der Waals surface area contributed by atoms with E-state index in [1.165, 1.54) is 6.26 Å². The van der Waals surface area contributed by atoms with Gasteiger partial charge in [0.25, 0.3) is 5.91 Å². The predicted octanol–water partition coefficient (Wildman–Crippen LogP) is 1.18. The minimum atomic E-state index is -0.149. The lowest BCUT2D eigenvalue weighted by Crippen LogP contribution is -2.49. The first-order valence-corrected chi connectivity index (χ1v) is 8.74. The maximum absolute atomic E-state index is 12.4. The molecule has 0 spiro atoms. The molecule has 0 unspecified atom stereocenters. The lowest BCUT2D eigenvalue weighted by molar-refractivity contribution is 0.0736. The fourth-order valence-electron chi connectivity index (χ4n) is 3.20. The van der Waals surface area contributed by atoms with Gasteiger partial charge in [-0.2, -0.15) is 4.98 Å². The summed E-state index contributed by atoms with van der Waals surface area (Å²) in [7, 11) is 3.13. The highest BCUT2D eigenvalue weighted by Gasteiger charge is 2.25. The van der Waals surface area contributed by atoms with Gasteiger partial charge in [-0.05, 0) is 6.07 Å². The van der Waals surface area contributed by atoms with Crippen LogP contribution in [0.2, 0.25) is 0 Å². The van der Waals surface area contributed by atoms with Crippen molar-refractivity contribution in [3.63, 3.8) is 0 Å². The van der Waals surface area contributed by atoms with Gasteiger partial charge in [0.15, 0.2) is 17.2 Å². The van der Waals surface area contributed by atoms with Gasteiger partial charge in [0, 0.05) is 43.7 Å². The number of benzene rings is 1. The fourth-order valence-corrected chi connectivity index (χ4v) is 3.20. The topological polar surface area (TPSA) is 120 Å². The molecular weight excluding hydrogens is 364 g/mol. The third kappa shape index (κ3) is 3.13. The molecule has 4 rings (SSSR count). The molecule has 0 bridgehead atoms. The Morgan fingerprint density at radius 2 is 1.82 bits per heavy atom. The molecule has 0 atom stereocenters. The van der Waals surface area contributed by atoms with Crippen molar-refractivity contribution in [2.24, 2.45) is 0 Å². The van der Waals surface area contributed by atoms with Gasteiger partial charge >= 0.3 is 0 Å². The Morgan fingerprint density at radius 1 is 1.11 bits per heavy atom. The Labute approximate surface area is 160 Å². The summed E-state index contributed by atoms with van der Waals surface area (Å²) in [6.07, 6.45) is 1.39. The number of fused-ring (bicyclic) bond motifs is 1. The van der Waals surface area contributed by atoms with Crippen LogP contribution in [-0.2, 0) is 0 Å². The van der Waals surface area contributed by atoms with Crippen LogP contribution >= 0.6 is 0 Å². The van der Waals surface area contributed by atoms with Crippen LogP contribution in [0.5, 0.6) is 11.5 Å². The van der Waals surface area contributed by atoms with Crippen LogP contribution in [0.1, 0.15) is 10.5 Å². The van der Waals surface area contributed by atoms with Crippen LogP contribution < -0.4 is 20.1 Å². The van der Waals surface area contributed by atoms with Gasteiger partial charge in [0.05, 0.1) is 19.7 Å². The number of nitrogens with zero attached hydrogens (tertiary/aromatic N) is 5. The molecule has 3 heterocycles. The molecule has 1 aromatic carbocycles. The maximum Gasteiger partial charge on any atom is 0.276 e. The first-order valence-electron chi connectivity index (χ1n) is 8.74. The summed E-state index contributed by atoms with van der Waals surface area (Å²) in [4.78, 5) is 25.2. The highest BCUT2D eigenvalue weighted by molar-refractivity contribution is 5.93. The van der Waals surface area contributed by atoms with Gasteiger partial charge in [-0.1, -0.05) is 5.16 Å². The minimum absolute atomic E-state index is 0.149. The molecule has 3 aromatic rings. The molecule has 1 amide bonds. The molecule has 28 heavy (non-hydrogen) atoms. The molecule has 0 saturated carbocycles. The zero-order chi connectivity index (χ0) is 19.7. The molecule has 1 aliphatic rings. The molecule has 10 heteroatoms. The van der Waals surface area contributed by atoms with E-state index in [0.717, 1.165) is 0 Å². The van der Waals surface area contributed by atoms with Gasteiger partial charge in [0.2, 0.25) is 5.95 Å². The number of nitrogen functional groups attached to an aromatic ring is 1. The van der Waals surface area contributed by atoms with E-state index in [1.54, 1.807) is 37.3 Å². The second kappa shape index (κ2) is 7.22. The Balaban J connectivity index is 1.56. The standard InChI is InChI=1S/C18H20N6O4/c1-26-14-9-11-13(10-15(14)27-2)20-18(21-16(11)19)24-6-4-23(5-7-24)17(25)12-3-8-28-22-12/h3,8-10H,4-7H2,1-2H3,(H2,19,20,21). The summed E-state index contributed by atoms with van der Waals surface area (Å²) in [6, 6.07) is 5.10. The van der Waals surface area contributed by atoms with Crippen molar-refractivity contribution in [2.75, 3.05) is 51.0 Å². The first kappa shape index (κ1) is 17.8. The number of anilines is 2. The van der Waals surface area contributed by atoms with Crippen molar-refractivity contribution in [3.8, 4) is 11.5 Å². The van der Waals surface area contributed by atoms with E-state index in [0.29, 0.717) is 66.0 Å². The molecule has 2 N–H and O–H groups in total. The second-order valence-electron chi connectivity index (χ2n) is 6.30. The minimum Gasteiger partial charge on any atom is -0.493 e. The van der Waals surface area contributed by atoms with Crippen LogP contribution in [-0.4, -0.2) is 66.3 Å². The average molecular weight is 384 g/mol. The zero-order valence-electron chi connectivity index (χ0n) is 15.6. The third-order valence-corrected chi connectivity index (χ3v) is 4.73. The average Bonchev–Trinajstić information content (AvgIpc) is 3.27. The number of hydrogen-bond acceptors (Lipinski definition) is 9. The summed E-state index contributed by atoms with van der Waals surface area (Å²) in [5, 5.41) is 4.40. The lowest BCUT2D eigenvalue weighted by atomic mass is 10.2. The predicted molar refractivity (Wildman–Crippen MR) is 102 cm³/mol. The van der Waals surface area contributed by atoms with E-state index in [-0.39, 0.29) is 5.91 Å². The molecule has 2 aromatic heterocycles. The number of carbonyl (C=O) groups excluding carboxylic acids is 1. The van der Waals surface area contributed by atoms with Gasteiger partial charge in [-0.3, -0.25) is 4.79 Å². The molecule has 1 fully saturated rings. The summed E-state index contributed by atoms with van der Waals surface area (Å²) in [5.74, 6) is 1.87. The Kier molecular flexibility index (Phi) is 4.60. The number of methoxy groups -OCH3 is 2. The lowest BCUT2D eigenvalue weighted by Gasteiger charge is -2.34. The quantitative estimate of drug-likeness (QED) is 0.707. The van der Waals surface area contributed by atoms with Crippen molar-refractivity contribution in [2.45, 2.75) is 0 Å². The molecule has 1 aliphatic heterocycles. The summed E-state index contributed by atoms with van der Waals surface area (Å²) < 4.78 is 15.4. The number of aromatic nitrogens is 3. The molecule has 146 valence electrons. The molecule has 10 nitrogen and oxygen atoms in total. The van der Waals surface area contributed by atoms with E-state index >= 15 is 0 Å². The maximum atomic E-state index is 12.4. The monoisotopic (exact) mass is 384 g/mol. The van der Waals surface area contributed by atoms with Crippen molar-refractivity contribution in [1.82, 2.24) is 20.0 Å². The molecule has 1 saturated heterocycles. The fraction of sp³-hybridized carbons (Fsp3) is 0.333. The summed E-state index contributed by atoms with van der Waals surface area (Å²) >= 11 is 0. The van der Waals surface area contributed by atoms with E-state index in [4.69, 9.17) is 19.7 Å². The van der Waals surface area contributed by atoms with Gasteiger partial charge in [-0.25, -0.2) is 4.98 Å². The smallest absolute Gasteiger partial charge is 0.276 e. The van der Waals surface area contributed by atoms with E-state index in [1.807, 2.05) is 4.90 Å². The number of ether oxygens (including phenoxy) is 2. The van der Waals surface area contributed by atoms with Crippen LogP contribution in [0.15, 0.2) is 29.0 Å². The number of amides is 1. The summed E-state index contributed by atoms with van der Waals surface area (Å²) in [6.45, 7) is 2.22. The third-order valence-electron chi connectivity index (χ3n) is 4.73. The van der Waals surface area contributed by atoms with E-state index in [9.17, 15) is 4.79 Å². The first-order chi connectivity index (χ1) is 13.6. The zero-order valence-corrected chi connectivity index (χ0v) is 15.6. The van der Waals surface area contributed by atoms with Crippen molar-refractivity contribution in [3.05, 3.63) is 30.2 Å². The van der Waals surface area contributed by atoms with E-state index < -0.39 is 0 Å². The van der Waals surface area contributed by atoms with Gasteiger partial charge < -0.3 is 29.5 Å². The normalized spacial score (nSPS) is 14.4. The Hall–Kier alpha value is -3.56. The number of nitrogens with two attached hydrogens (primary N) is 1. The summed E-state index contributed by atoms with van der Waals surface area (Å²) in [5.41, 5.74) is 7.14. The Morgan fingerprint density at radius 3 is 2.46 bits per heavy atom. The van der Waals surface area contributed by atoms with Crippen LogP contribution in [0.4, 0.5) is 11.8 Å². The Bertz CT molecular complexity index is 999. The highest BCUT2D eigenvalue weighted by Crippen LogP contribution is 2.34. The van der Waals surface area contributed by atoms with Crippen molar-refractivity contribution >= 4 is 28.6 Å². The van der Waals surface area contributed by atoms with Crippen LogP contribution in [0, 0.1) is 0 Å². The number of carbonyl (C=O) groups is 1. The number of hydrogen-bond donors (Lipinski definition) is 1. The van der Waals surface area contributed by atoms with Crippen molar-refractivity contribution in [1.29, 1.82) is 0 Å².